The van der Waals surface area contributed by atoms with E-state index in [1.807, 2.05) is 13.0 Å². The summed E-state index contributed by atoms with van der Waals surface area (Å²) in [4.78, 5) is 12.8. The van der Waals surface area contributed by atoms with Crippen LogP contribution < -0.4 is 5.32 Å². The van der Waals surface area contributed by atoms with Gasteiger partial charge in [-0.1, -0.05) is 43.3 Å². The Kier molecular flexibility index (Phi) is 7.25. The zero-order valence-electron chi connectivity index (χ0n) is 17.7. The molecular formula is C20H24ClN5O3S2. The Bertz CT molecular complexity index is 1210. The second-order valence-corrected chi connectivity index (χ2v) is 10.6. The number of fused-ring (bicyclic) bond motifs is 1. The Hall–Kier alpha value is -2.14. The number of aryl methyl sites for hydroxylation is 1. The van der Waals surface area contributed by atoms with Crippen molar-refractivity contribution in [3.05, 3.63) is 47.1 Å². The van der Waals surface area contributed by atoms with E-state index < -0.39 is 15.3 Å². The van der Waals surface area contributed by atoms with Crippen LogP contribution in [0.3, 0.4) is 0 Å². The van der Waals surface area contributed by atoms with Crippen LogP contribution in [-0.4, -0.2) is 51.6 Å². The lowest BCUT2D eigenvalue weighted by Crippen LogP contribution is -2.30. The number of nitrogens with one attached hydrogen (secondary N) is 1. The van der Waals surface area contributed by atoms with Gasteiger partial charge >= 0.3 is 0 Å². The number of hydrogen-bond donors (Lipinski definition) is 1. The van der Waals surface area contributed by atoms with E-state index in [4.69, 9.17) is 11.6 Å². The molecule has 1 amide bonds. The first-order chi connectivity index (χ1) is 14.7. The van der Waals surface area contributed by atoms with Crippen LogP contribution in [0, 0.1) is 6.92 Å². The summed E-state index contributed by atoms with van der Waals surface area (Å²) >= 11 is 7.22. The standard InChI is InChI=1S/C20H24ClN5O3S2/c1-5-25(6-2)31(28,29)16-9-10-18-23-24-20(26(18)12-16)30-14(4)19(27)22-17-11-15(21)8-7-13(17)3/h7-12,14H,5-6H2,1-4H3,(H,22,27)/t14-/m0/s1. The lowest BCUT2D eigenvalue weighted by Gasteiger charge is -2.18. The average molecular weight is 482 g/mol. The summed E-state index contributed by atoms with van der Waals surface area (Å²) in [7, 11) is -3.63. The Morgan fingerprint density at radius 2 is 1.94 bits per heavy atom. The van der Waals surface area contributed by atoms with Gasteiger partial charge in [0.05, 0.1) is 10.1 Å². The van der Waals surface area contributed by atoms with Crippen LogP contribution in [0.25, 0.3) is 5.65 Å². The SMILES string of the molecule is CCN(CC)S(=O)(=O)c1ccc2nnc(S[C@@H](C)C(=O)Nc3cc(Cl)ccc3C)n2c1. The van der Waals surface area contributed by atoms with Gasteiger partial charge in [-0.05, 0) is 43.7 Å². The van der Waals surface area contributed by atoms with Gasteiger partial charge in [-0.25, -0.2) is 8.42 Å². The number of thioether (sulfide) groups is 1. The van der Waals surface area contributed by atoms with Crippen molar-refractivity contribution in [3.63, 3.8) is 0 Å². The molecule has 0 radical (unpaired) electrons. The number of amides is 1. The highest BCUT2D eigenvalue weighted by Gasteiger charge is 2.24. The average Bonchev–Trinajstić information content (AvgIpc) is 3.13. The minimum atomic E-state index is -3.63. The van der Waals surface area contributed by atoms with Gasteiger partial charge in [-0.2, -0.15) is 4.31 Å². The number of benzene rings is 1. The molecule has 3 aromatic rings. The number of sulfonamides is 1. The van der Waals surface area contributed by atoms with Crippen molar-refractivity contribution in [3.8, 4) is 0 Å². The fraction of sp³-hybridized carbons (Fsp3) is 0.350. The first-order valence-corrected chi connectivity index (χ1v) is 12.5. The van der Waals surface area contributed by atoms with Crippen molar-refractivity contribution in [2.75, 3.05) is 18.4 Å². The van der Waals surface area contributed by atoms with E-state index in [9.17, 15) is 13.2 Å². The molecular weight excluding hydrogens is 458 g/mol. The molecule has 1 N–H and O–H groups in total. The molecule has 2 aromatic heterocycles. The number of nitrogens with zero attached hydrogens (tertiary/aromatic N) is 4. The fourth-order valence-corrected chi connectivity index (χ4v) is 5.43. The third-order valence-electron chi connectivity index (χ3n) is 4.80. The van der Waals surface area contributed by atoms with Crippen LogP contribution in [0.15, 0.2) is 46.6 Å². The van der Waals surface area contributed by atoms with Gasteiger partial charge in [0.1, 0.15) is 0 Å². The molecule has 0 aliphatic rings. The number of hydrogen-bond acceptors (Lipinski definition) is 6. The van der Waals surface area contributed by atoms with Gasteiger partial charge in [0.25, 0.3) is 0 Å². The van der Waals surface area contributed by atoms with Crippen LogP contribution in [0.1, 0.15) is 26.3 Å². The number of carbonyl (C=O) groups is 1. The van der Waals surface area contributed by atoms with Gasteiger partial charge in [-0.15, -0.1) is 10.2 Å². The second kappa shape index (κ2) is 9.56. The van der Waals surface area contributed by atoms with Crippen molar-refractivity contribution in [2.24, 2.45) is 0 Å². The first kappa shape index (κ1) is 23.5. The Labute approximate surface area is 191 Å². The maximum Gasteiger partial charge on any atom is 0.244 e. The predicted molar refractivity (Wildman–Crippen MR) is 123 cm³/mol. The van der Waals surface area contributed by atoms with Crippen LogP contribution in [0.2, 0.25) is 5.02 Å². The van der Waals surface area contributed by atoms with E-state index in [2.05, 4.69) is 15.5 Å². The molecule has 0 saturated carbocycles. The number of pyridine rings is 1. The zero-order chi connectivity index (χ0) is 22.8. The molecule has 1 aromatic carbocycles. The van der Waals surface area contributed by atoms with Crippen molar-refractivity contribution < 1.29 is 13.2 Å². The molecule has 3 rings (SSSR count). The van der Waals surface area contributed by atoms with Gasteiger partial charge in [0.2, 0.25) is 15.9 Å². The van der Waals surface area contributed by atoms with E-state index in [0.29, 0.717) is 34.6 Å². The molecule has 1 atom stereocenters. The van der Waals surface area contributed by atoms with E-state index in [0.717, 1.165) is 5.56 Å². The van der Waals surface area contributed by atoms with Crippen molar-refractivity contribution in [1.29, 1.82) is 0 Å². The molecule has 166 valence electrons. The second-order valence-electron chi connectivity index (χ2n) is 6.87. The largest absolute Gasteiger partial charge is 0.325 e. The quantitative estimate of drug-likeness (QED) is 0.491. The molecule has 31 heavy (non-hydrogen) atoms. The Balaban J connectivity index is 1.84. The minimum Gasteiger partial charge on any atom is -0.325 e. The topological polar surface area (TPSA) is 96.7 Å². The highest BCUT2D eigenvalue weighted by molar-refractivity contribution is 8.00. The highest BCUT2D eigenvalue weighted by atomic mass is 35.5. The molecule has 0 saturated heterocycles. The summed E-state index contributed by atoms with van der Waals surface area (Å²) in [6.07, 6.45) is 1.50. The molecule has 0 bridgehead atoms. The van der Waals surface area contributed by atoms with Crippen molar-refractivity contribution in [1.82, 2.24) is 18.9 Å². The maximum atomic E-state index is 12.9. The molecule has 0 unspecified atom stereocenters. The molecule has 2 heterocycles. The van der Waals surface area contributed by atoms with Crippen LogP contribution in [0.4, 0.5) is 5.69 Å². The van der Waals surface area contributed by atoms with Gasteiger partial charge in [0.15, 0.2) is 10.8 Å². The third kappa shape index (κ3) is 5.03. The smallest absolute Gasteiger partial charge is 0.244 e. The summed E-state index contributed by atoms with van der Waals surface area (Å²) in [5.41, 5.74) is 2.04. The van der Waals surface area contributed by atoms with Crippen molar-refractivity contribution >= 4 is 50.6 Å². The monoisotopic (exact) mass is 481 g/mol. The number of rotatable bonds is 8. The molecule has 11 heteroatoms. The predicted octanol–water partition coefficient (Wildman–Crippen LogP) is 3.84. The summed E-state index contributed by atoms with van der Waals surface area (Å²) in [5.74, 6) is -0.223. The minimum absolute atomic E-state index is 0.150. The fourth-order valence-electron chi connectivity index (χ4n) is 2.97. The lowest BCUT2D eigenvalue weighted by molar-refractivity contribution is -0.115. The van der Waals surface area contributed by atoms with Gasteiger partial charge in [0, 0.05) is 30.0 Å². The van der Waals surface area contributed by atoms with Gasteiger partial charge < -0.3 is 5.32 Å². The summed E-state index contributed by atoms with van der Waals surface area (Å²) in [6.45, 7) is 7.97. The zero-order valence-corrected chi connectivity index (χ0v) is 20.1. The number of anilines is 1. The van der Waals surface area contributed by atoms with Crippen LogP contribution in [0.5, 0.6) is 0 Å². The van der Waals surface area contributed by atoms with E-state index in [1.54, 1.807) is 43.4 Å². The van der Waals surface area contributed by atoms with E-state index >= 15 is 0 Å². The molecule has 0 fully saturated rings. The summed E-state index contributed by atoms with van der Waals surface area (Å²) < 4.78 is 28.7. The highest BCUT2D eigenvalue weighted by Crippen LogP contribution is 2.26. The normalized spacial score (nSPS) is 13.0. The molecule has 0 aliphatic carbocycles. The van der Waals surface area contributed by atoms with E-state index in [-0.39, 0.29) is 10.8 Å². The molecule has 0 spiro atoms. The van der Waals surface area contributed by atoms with E-state index in [1.165, 1.54) is 28.3 Å². The Morgan fingerprint density at radius 1 is 1.23 bits per heavy atom. The van der Waals surface area contributed by atoms with Gasteiger partial charge in [-0.3, -0.25) is 9.20 Å². The Morgan fingerprint density at radius 3 is 2.61 bits per heavy atom. The summed E-state index contributed by atoms with van der Waals surface area (Å²) in [6, 6.07) is 8.41. The molecule has 0 aliphatic heterocycles. The first-order valence-electron chi connectivity index (χ1n) is 9.76. The van der Waals surface area contributed by atoms with Crippen LogP contribution in [-0.2, 0) is 14.8 Å². The van der Waals surface area contributed by atoms with Crippen LogP contribution >= 0.6 is 23.4 Å². The maximum absolute atomic E-state index is 12.9. The lowest BCUT2D eigenvalue weighted by atomic mass is 10.2. The molecule has 8 nitrogen and oxygen atoms in total. The number of halogens is 1. The summed E-state index contributed by atoms with van der Waals surface area (Å²) in [5, 5.41) is 11.5. The number of carbonyl (C=O) groups excluding carboxylic acids is 1. The van der Waals surface area contributed by atoms with Crippen molar-refractivity contribution in [2.45, 2.75) is 43.0 Å². The third-order valence-corrected chi connectivity index (χ3v) is 8.12. The number of aromatic nitrogens is 3.